The van der Waals surface area contributed by atoms with Crippen LogP contribution in [0.3, 0.4) is 0 Å². The largest absolute Gasteiger partial charge is 0.304 e. The van der Waals surface area contributed by atoms with Gasteiger partial charge in [0.25, 0.3) is 5.91 Å². The van der Waals surface area contributed by atoms with Crippen LogP contribution in [0.15, 0.2) is 23.6 Å². The normalized spacial score (nSPS) is 10.8. The van der Waals surface area contributed by atoms with Crippen LogP contribution in [0.5, 0.6) is 0 Å². The van der Waals surface area contributed by atoms with Crippen molar-refractivity contribution >= 4 is 34.4 Å². The van der Waals surface area contributed by atoms with E-state index in [9.17, 15) is 4.79 Å². The van der Waals surface area contributed by atoms with Crippen LogP contribution in [-0.4, -0.2) is 21.1 Å². The summed E-state index contributed by atoms with van der Waals surface area (Å²) in [6.45, 7) is 3.88. The first-order valence-corrected chi connectivity index (χ1v) is 8.24. The van der Waals surface area contributed by atoms with Gasteiger partial charge in [0.2, 0.25) is 0 Å². The van der Waals surface area contributed by atoms with E-state index >= 15 is 0 Å². The summed E-state index contributed by atoms with van der Waals surface area (Å²) in [5, 5.41) is 12.6. The Morgan fingerprint density at radius 3 is 3.00 bits per heavy atom. The molecule has 2 N–H and O–H groups in total. The zero-order valence-electron chi connectivity index (χ0n) is 11.6. The van der Waals surface area contributed by atoms with Crippen LogP contribution in [0, 0.1) is 6.92 Å². The Morgan fingerprint density at radius 1 is 1.48 bits per heavy atom. The van der Waals surface area contributed by atoms with Gasteiger partial charge in [-0.3, -0.25) is 9.89 Å². The minimum absolute atomic E-state index is 0.165. The molecule has 5 nitrogen and oxygen atoms in total. The van der Waals surface area contributed by atoms with E-state index in [1.807, 2.05) is 37.4 Å². The lowest BCUT2D eigenvalue weighted by atomic mass is 10.3. The number of aryl methyl sites for hydroxylation is 2. The fourth-order valence-electron chi connectivity index (χ4n) is 1.89. The molecule has 0 atom stereocenters. The molecule has 0 unspecified atom stereocenters. The summed E-state index contributed by atoms with van der Waals surface area (Å²) < 4.78 is 0. The molecular weight excluding hydrogens is 304 g/mol. The van der Waals surface area contributed by atoms with Gasteiger partial charge in [0, 0.05) is 11.8 Å². The molecule has 1 amide bonds. The number of nitrogens with one attached hydrogen (secondary N) is 2. The third-order valence-corrected chi connectivity index (χ3v) is 5.18. The smallest absolute Gasteiger partial charge is 0.268 e. The lowest BCUT2D eigenvalue weighted by Gasteiger charge is -1.98. The number of amides is 1. The SMILES string of the molecule is CCc1cc(NC(=O)c2sc(-c3cccs3)nc2C)n[nH]1. The Bertz CT molecular complexity index is 758. The van der Waals surface area contributed by atoms with Crippen molar-refractivity contribution in [2.75, 3.05) is 5.32 Å². The molecule has 0 saturated carbocycles. The second-order valence-electron chi connectivity index (χ2n) is 4.50. The molecule has 108 valence electrons. The van der Waals surface area contributed by atoms with Gasteiger partial charge in [-0.15, -0.1) is 22.7 Å². The summed E-state index contributed by atoms with van der Waals surface area (Å²) >= 11 is 3.03. The third-order valence-electron chi connectivity index (χ3n) is 2.99. The van der Waals surface area contributed by atoms with Gasteiger partial charge in [-0.25, -0.2) is 4.98 Å². The summed E-state index contributed by atoms with van der Waals surface area (Å²) in [5.41, 5.74) is 1.73. The van der Waals surface area contributed by atoms with Gasteiger partial charge >= 0.3 is 0 Å². The topological polar surface area (TPSA) is 70.7 Å². The van der Waals surface area contributed by atoms with E-state index in [1.165, 1.54) is 11.3 Å². The second kappa shape index (κ2) is 5.79. The van der Waals surface area contributed by atoms with Crippen LogP contribution in [0.25, 0.3) is 9.88 Å². The van der Waals surface area contributed by atoms with Crippen LogP contribution in [0.1, 0.15) is 28.0 Å². The molecular formula is C14H14N4OS2. The van der Waals surface area contributed by atoms with Crippen LogP contribution in [0.4, 0.5) is 5.82 Å². The molecule has 3 rings (SSSR count). The lowest BCUT2D eigenvalue weighted by molar-refractivity contribution is 0.102. The van der Waals surface area contributed by atoms with Crippen molar-refractivity contribution in [3.63, 3.8) is 0 Å². The number of thiophene rings is 1. The minimum atomic E-state index is -0.165. The van der Waals surface area contributed by atoms with Crippen LogP contribution >= 0.6 is 22.7 Å². The van der Waals surface area contributed by atoms with Crippen molar-refractivity contribution in [1.29, 1.82) is 0 Å². The van der Waals surface area contributed by atoms with Crippen molar-refractivity contribution in [3.05, 3.63) is 39.8 Å². The molecule has 3 aromatic heterocycles. The third kappa shape index (κ3) is 2.88. The molecule has 0 aliphatic carbocycles. The average Bonchev–Trinajstić information content (AvgIpc) is 3.17. The van der Waals surface area contributed by atoms with E-state index in [4.69, 9.17) is 0 Å². The lowest BCUT2D eigenvalue weighted by Crippen LogP contribution is -2.11. The van der Waals surface area contributed by atoms with E-state index in [0.717, 1.165) is 27.7 Å². The number of thiazole rings is 1. The molecule has 0 aromatic carbocycles. The van der Waals surface area contributed by atoms with E-state index in [0.29, 0.717) is 10.7 Å². The molecule has 0 spiro atoms. The first kappa shape index (κ1) is 14.0. The Kier molecular flexibility index (Phi) is 3.85. The molecule has 0 bridgehead atoms. The van der Waals surface area contributed by atoms with Gasteiger partial charge in [0.1, 0.15) is 9.88 Å². The van der Waals surface area contributed by atoms with E-state index < -0.39 is 0 Å². The highest BCUT2D eigenvalue weighted by atomic mass is 32.1. The average molecular weight is 318 g/mol. The fourth-order valence-corrected chi connectivity index (χ4v) is 3.65. The summed E-state index contributed by atoms with van der Waals surface area (Å²) in [6.07, 6.45) is 0.852. The zero-order valence-corrected chi connectivity index (χ0v) is 13.3. The number of aromatic nitrogens is 3. The maximum absolute atomic E-state index is 12.3. The highest BCUT2D eigenvalue weighted by Gasteiger charge is 2.17. The first-order chi connectivity index (χ1) is 10.2. The highest BCUT2D eigenvalue weighted by molar-refractivity contribution is 7.22. The number of nitrogens with zero attached hydrogens (tertiary/aromatic N) is 2. The molecule has 3 heterocycles. The quantitative estimate of drug-likeness (QED) is 0.770. The molecule has 0 saturated heterocycles. The Morgan fingerprint density at radius 2 is 2.33 bits per heavy atom. The van der Waals surface area contributed by atoms with Gasteiger partial charge in [0.05, 0.1) is 10.6 Å². The van der Waals surface area contributed by atoms with E-state index in [-0.39, 0.29) is 5.91 Å². The van der Waals surface area contributed by atoms with Crippen molar-refractivity contribution in [2.24, 2.45) is 0 Å². The van der Waals surface area contributed by atoms with Crippen LogP contribution in [-0.2, 0) is 6.42 Å². The number of H-pyrrole nitrogens is 1. The van der Waals surface area contributed by atoms with Gasteiger partial charge < -0.3 is 5.32 Å². The van der Waals surface area contributed by atoms with E-state index in [2.05, 4.69) is 20.5 Å². The monoisotopic (exact) mass is 318 g/mol. The molecule has 0 fully saturated rings. The number of carbonyl (C=O) groups excluding carboxylic acids is 1. The molecule has 0 aliphatic rings. The number of rotatable bonds is 4. The maximum Gasteiger partial charge on any atom is 0.268 e. The minimum Gasteiger partial charge on any atom is -0.304 e. The van der Waals surface area contributed by atoms with Gasteiger partial charge in [-0.05, 0) is 24.8 Å². The molecule has 0 aliphatic heterocycles. The van der Waals surface area contributed by atoms with Gasteiger partial charge in [0.15, 0.2) is 5.82 Å². The predicted octanol–water partition coefficient (Wildman–Crippen LogP) is 3.72. The van der Waals surface area contributed by atoms with Crippen molar-refractivity contribution in [2.45, 2.75) is 20.3 Å². The molecule has 21 heavy (non-hydrogen) atoms. The Hall–Kier alpha value is -1.99. The fraction of sp³-hybridized carbons (Fsp3) is 0.214. The summed E-state index contributed by atoms with van der Waals surface area (Å²) in [6, 6.07) is 5.83. The van der Waals surface area contributed by atoms with Crippen molar-refractivity contribution in [1.82, 2.24) is 15.2 Å². The molecule has 3 aromatic rings. The standard InChI is InChI=1S/C14H14N4OS2/c1-3-9-7-11(18-17-9)16-13(19)12-8(2)15-14(21-12)10-5-4-6-20-10/h4-7H,3H2,1-2H3,(H2,16,17,18,19). The van der Waals surface area contributed by atoms with Crippen LogP contribution < -0.4 is 5.32 Å². The molecule has 7 heteroatoms. The summed E-state index contributed by atoms with van der Waals surface area (Å²) in [4.78, 5) is 18.5. The highest BCUT2D eigenvalue weighted by Crippen LogP contribution is 2.31. The predicted molar refractivity (Wildman–Crippen MR) is 86.1 cm³/mol. The Labute approximate surface area is 130 Å². The summed E-state index contributed by atoms with van der Waals surface area (Å²) in [7, 11) is 0. The molecule has 0 radical (unpaired) electrons. The van der Waals surface area contributed by atoms with Crippen molar-refractivity contribution in [3.8, 4) is 9.88 Å². The summed E-state index contributed by atoms with van der Waals surface area (Å²) in [5.74, 6) is 0.379. The second-order valence-corrected chi connectivity index (χ2v) is 6.44. The van der Waals surface area contributed by atoms with Gasteiger partial charge in [-0.2, -0.15) is 5.10 Å². The van der Waals surface area contributed by atoms with Gasteiger partial charge in [-0.1, -0.05) is 13.0 Å². The maximum atomic E-state index is 12.3. The zero-order chi connectivity index (χ0) is 14.8. The van der Waals surface area contributed by atoms with Crippen molar-refractivity contribution < 1.29 is 4.79 Å². The number of aromatic amines is 1. The number of hydrogen-bond donors (Lipinski definition) is 2. The number of hydrogen-bond acceptors (Lipinski definition) is 5. The van der Waals surface area contributed by atoms with E-state index in [1.54, 1.807) is 11.3 Å². The first-order valence-electron chi connectivity index (χ1n) is 6.54. The van der Waals surface area contributed by atoms with Crippen LogP contribution in [0.2, 0.25) is 0 Å². The number of carbonyl (C=O) groups is 1. The Balaban J connectivity index is 1.81. The number of anilines is 1.